The molecule has 0 aliphatic carbocycles. The van der Waals surface area contributed by atoms with Gasteiger partial charge in [0.2, 0.25) is 11.9 Å². The molecule has 1 atom stereocenters. The number of methoxy groups -OCH3 is 2. The summed E-state index contributed by atoms with van der Waals surface area (Å²) >= 11 is 0. The standard InChI is InChI=1S/C15H25N5O3/c1-5-10(2)16-12(21)11-6-8-20(9-7-11)13-17-14(22-3)19-15(18-13)23-4/h10-11H,5-9H2,1-4H3,(H,16,21)/t10-/m0/s1. The molecule has 1 amide bonds. The Morgan fingerprint density at radius 2 is 1.78 bits per heavy atom. The van der Waals surface area contributed by atoms with Crippen LogP contribution in [-0.2, 0) is 4.79 Å². The Balaban J connectivity index is 1.97. The molecule has 0 spiro atoms. The Bertz CT molecular complexity index is 510. The van der Waals surface area contributed by atoms with Crippen molar-refractivity contribution in [2.24, 2.45) is 5.92 Å². The maximum Gasteiger partial charge on any atom is 0.324 e. The monoisotopic (exact) mass is 323 g/mol. The maximum atomic E-state index is 12.2. The molecule has 1 aliphatic heterocycles. The first-order valence-corrected chi connectivity index (χ1v) is 7.96. The van der Waals surface area contributed by atoms with Gasteiger partial charge in [-0.25, -0.2) is 0 Å². The first-order chi connectivity index (χ1) is 11.1. The fourth-order valence-corrected chi connectivity index (χ4v) is 2.46. The molecule has 0 bridgehead atoms. The fourth-order valence-electron chi connectivity index (χ4n) is 2.46. The van der Waals surface area contributed by atoms with Crippen LogP contribution in [0.5, 0.6) is 12.0 Å². The van der Waals surface area contributed by atoms with Crippen LogP contribution >= 0.6 is 0 Å². The summed E-state index contributed by atoms with van der Waals surface area (Å²) in [7, 11) is 3.01. The predicted molar refractivity (Wildman–Crippen MR) is 85.8 cm³/mol. The number of rotatable bonds is 6. The molecule has 0 saturated carbocycles. The molecule has 1 saturated heterocycles. The third-order valence-electron chi connectivity index (χ3n) is 4.10. The second-order valence-corrected chi connectivity index (χ2v) is 5.69. The van der Waals surface area contributed by atoms with Crippen LogP contribution in [0.1, 0.15) is 33.1 Å². The molecule has 8 heteroatoms. The van der Waals surface area contributed by atoms with Gasteiger partial charge in [-0.3, -0.25) is 4.79 Å². The van der Waals surface area contributed by atoms with E-state index in [1.54, 1.807) is 0 Å². The van der Waals surface area contributed by atoms with Gasteiger partial charge < -0.3 is 19.7 Å². The van der Waals surface area contributed by atoms with Crippen LogP contribution < -0.4 is 19.7 Å². The second kappa shape index (κ2) is 7.94. The minimum atomic E-state index is 0.0471. The van der Waals surface area contributed by atoms with Crippen LogP contribution in [-0.4, -0.2) is 54.2 Å². The number of aromatic nitrogens is 3. The molecule has 0 radical (unpaired) electrons. The quantitative estimate of drug-likeness (QED) is 0.836. The zero-order valence-electron chi connectivity index (χ0n) is 14.2. The molecule has 0 unspecified atom stereocenters. The van der Waals surface area contributed by atoms with E-state index >= 15 is 0 Å². The molecule has 1 N–H and O–H groups in total. The zero-order valence-corrected chi connectivity index (χ0v) is 14.2. The predicted octanol–water partition coefficient (Wildman–Crippen LogP) is 1.02. The van der Waals surface area contributed by atoms with Crippen molar-refractivity contribution in [1.82, 2.24) is 20.3 Å². The van der Waals surface area contributed by atoms with Gasteiger partial charge in [-0.2, -0.15) is 9.97 Å². The van der Waals surface area contributed by atoms with Crippen molar-refractivity contribution in [3.63, 3.8) is 0 Å². The summed E-state index contributed by atoms with van der Waals surface area (Å²) in [5.41, 5.74) is 0. The van der Waals surface area contributed by atoms with Crippen molar-refractivity contribution in [3.05, 3.63) is 0 Å². The van der Waals surface area contributed by atoms with Gasteiger partial charge in [-0.15, -0.1) is 4.98 Å². The Morgan fingerprint density at radius 3 is 2.26 bits per heavy atom. The van der Waals surface area contributed by atoms with E-state index in [4.69, 9.17) is 9.47 Å². The topological polar surface area (TPSA) is 89.5 Å². The molecule has 23 heavy (non-hydrogen) atoms. The Hall–Kier alpha value is -2.12. The van der Waals surface area contributed by atoms with E-state index in [1.807, 2.05) is 11.8 Å². The first-order valence-electron chi connectivity index (χ1n) is 7.96. The molecule has 8 nitrogen and oxygen atoms in total. The van der Waals surface area contributed by atoms with Crippen LogP contribution in [0.2, 0.25) is 0 Å². The SMILES string of the molecule is CC[C@H](C)NC(=O)C1CCN(c2nc(OC)nc(OC)n2)CC1. The van der Waals surface area contributed by atoms with Crippen molar-refractivity contribution < 1.29 is 14.3 Å². The summed E-state index contributed by atoms with van der Waals surface area (Å²) in [6, 6.07) is 0.671. The highest BCUT2D eigenvalue weighted by Gasteiger charge is 2.27. The molecule has 1 aromatic rings. The number of carbonyl (C=O) groups excluding carboxylic acids is 1. The normalized spacial score (nSPS) is 16.8. The van der Waals surface area contributed by atoms with Crippen molar-refractivity contribution in [2.45, 2.75) is 39.2 Å². The molecule has 1 fully saturated rings. The van der Waals surface area contributed by atoms with Crippen LogP contribution in [0, 0.1) is 5.92 Å². The smallest absolute Gasteiger partial charge is 0.324 e. The Morgan fingerprint density at radius 1 is 1.22 bits per heavy atom. The minimum absolute atomic E-state index is 0.0471. The molecule has 1 aromatic heterocycles. The molecule has 2 rings (SSSR count). The lowest BCUT2D eigenvalue weighted by Crippen LogP contribution is -2.43. The number of carbonyl (C=O) groups is 1. The zero-order chi connectivity index (χ0) is 16.8. The van der Waals surface area contributed by atoms with Gasteiger partial charge in [0.15, 0.2) is 0 Å². The molecule has 0 aromatic carbocycles. The number of amides is 1. The van der Waals surface area contributed by atoms with Crippen molar-refractivity contribution in [1.29, 1.82) is 0 Å². The molecular formula is C15H25N5O3. The van der Waals surface area contributed by atoms with E-state index in [2.05, 4.69) is 27.2 Å². The fraction of sp³-hybridized carbons (Fsp3) is 0.733. The van der Waals surface area contributed by atoms with E-state index < -0.39 is 0 Å². The van der Waals surface area contributed by atoms with E-state index in [9.17, 15) is 4.79 Å². The van der Waals surface area contributed by atoms with Gasteiger partial charge in [0.1, 0.15) is 0 Å². The number of anilines is 1. The minimum Gasteiger partial charge on any atom is -0.467 e. The van der Waals surface area contributed by atoms with Crippen LogP contribution in [0.25, 0.3) is 0 Å². The third kappa shape index (κ3) is 4.43. The van der Waals surface area contributed by atoms with Crippen LogP contribution in [0.4, 0.5) is 5.95 Å². The number of hydrogen-bond acceptors (Lipinski definition) is 7. The van der Waals surface area contributed by atoms with Gasteiger partial charge in [-0.05, 0) is 26.2 Å². The average Bonchev–Trinajstić information content (AvgIpc) is 2.61. The number of piperidine rings is 1. The average molecular weight is 323 g/mol. The summed E-state index contributed by atoms with van der Waals surface area (Å²) in [4.78, 5) is 26.7. The van der Waals surface area contributed by atoms with E-state index in [0.29, 0.717) is 5.95 Å². The lowest BCUT2D eigenvalue weighted by molar-refractivity contribution is -0.126. The van der Waals surface area contributed by atoms with Crippen molar-refractivity contribution >= 4 is 11.9 Å². The Kier molecular flexibility index (Phi) is 5.95. The summed E-state index contributed by atoms with van der Waals surface area (Å²) < 4.78 is 10.1. The van der Waals surface area contributed by atoms with E-state index in [1.165, 1.54) is 14.2 Å². The van der Waals surface area contributed by atoms with Crippen LogP contribution in [0.15, 0.2) is 0 Å². The molecular weight excluding hydrogens is 298 g/mol. The van der Waals surface area contributed by atoms with Gasteiger partial charge in [0.25, 0.3) is 0 Å². The third-order valence-corrected chi connectivity index (χ3v) is 4.10. The molecule has 1 aliphatic rings. The number of hydrogen-bond donors (Lipinski definition) is 1. The lowest BCUT2D eigenvalue weighted by atomic mass is 9.95. The van der Waals surface area contributed by atoms with Crippen molar-refractivity contribution in [2.75, 3.05) is 32.2 Å². The van der Waals surface area contributed by atoms with Gasteiger partial charge in [0.05, 0.1) is 14.2 Å². The summed E-state index contributed by atoms with van der Waals surface area (Å²) in [5.74, 6) is 0.713. The number of ether oxygens (including phenoxy) is 2. The molecule has 2 heterocycles. The molecule has 128 valence electrons. The highest BCUT2D eigenvalue weighted by atomic mass is 16.5. The van der Waals surface area contributed by atoms with Crippen molar-refractivity contribution in [3.8, 4) is 12.0 Å². The summed E-state index contributed by atoms with van der Waals surface area (Å²) in [6.07, 6.45) is 2.49. The second-order valence-electron chi connectivity index (χ2n) is 5.69. The highest BCUT2D eigenvalue weighted by Crippen LogP contribution is 2.23. The van der Waals surface area contributed by atoms with Gasteiger partial charge >= 0.3 is 12.0 Å². The summed E-state index contributed by atoms with van der Waals surface area (Å²) in [5, 5.41) is 3.05. The van der Waals surface area contributed by atoms with Gasteiger partial charge in [0, 0.05) is 25.0 Å². The Labute approximate surface area is 136 Å². The van der Waals surface area contributed by atoms with E-state index in [-0.39, 0.29) is 29.9 Å². The number of nitrogens with zero attached hydrogens (tertiary/aromatic N) is 4. The first kappa shape index (κ1) is 17.2. The lowest BCUT2D eigenvalue weighted by Gasteiger charge is -2.31. The highest BCUT2D eigenvalue weighted by molar-refractivity contribution is 5.79. The maximum absolute atomic E-state index is 12.2. The van der Waals surface area contributed by atoms with E-state index in [0.717, 1.165) is 32.4 Å². The largest absolute Gasteiger partial charge is 0.467 e. The van der Waals surface area contributed by atoms with Crippen LogP contribution in [0.3, 0.4) is 0 Å². The van der Waals surface area contributed by atoms with Gasteiger partial charge in [-0.1, -0.05) is 6.92 Å². The number of nitrogens with one attached hydrogen (secondary N) is 1. The summed E-state index contributed by atoms with van der Waals surface area (Å²) in [6.45, 7) is 5.52.